The number of hydrogen-bond donors (Lipinski definition) is 1. The zero-order chi connectivity index (χ0) is 21.3. The molecule has 0 saturated heterocycles. The van der Waals surface area contributed by atoms with Gasteiger partial charge in [-0.05, 0) is 31.9 Å². The lowest BCUT2D eigenvalue weighted by Crippen LogP contribution is -2.62. The van der Waals surface area contributed by atoms with Crippen molar-refractivity contribution >= 4 is 11.9 Å². The molecule has 0 amide bonds. The second-order valence-electron chi connectivity index (χ2n) is 7.80. The van der Waals surface area contributed by atoms with Crippen molar-refractivity contribution in [1.82, 2.24) is 5.32 Å². The molecule has 2 aromatic carbocycles. The van der Waals surface area contributed by atoms with Crippen LogP contribution in [0.4, 0.5) is 0 Å². The van der Waals surface area contributed by atoms with Crippen LogP contribution >= 0.6 is 0 Å². The third-order valence-corrected chi connectivity index (χ3v) is 4.17. The Morgan fingerprint density at radius 2 is 1.48 bits per heavy atom. The molecule has 2 aromatic rings. The summed E-state index contributed by atoms with van der Waals surface area (Å²) in [4.78, 5) is 26.5. The summed E-state index contributed by atoms with van der Waals surface area (Å²) in [5, 5.41) is 3.02. The van der Waals surface area contributed by atoms with Gasteiger partial charge >= 0.3 is 11.9 Å². The molecule has 0 aliphatic heterocycles. The second-order valence-corrected chi connectivity index (χ2v) is 7.80. The molecule has 2 rings (SSSR count). The number of rotatable bonds is 9. The van der Waals surface area contributed by atoms with Crippen LogP contribution in [0.5, 0.6) is 0 Å². The predicted octanol–water partition coefficient (Wildman–Crippen LogP) is 3.83. The molecule has 0 spiro atoms. The maximum Gasteiger partial charge on any atom is 0.338 e. The van der Waals surface area contributed by atoms with E-state index < -0.39 is 23.1 Å². The predicted molar refractivity (Wildman–Crippen MR) is 113 cm³/mol. The highest BCUT2D eigenvalue weighted by Crippen LogP contribution is 2.22. The third-order valence-electron chi connectivity index (χ3n) is 4.17. The minimum atomic E-state index is -1.68. The summed E-state index contributed by atoms with van der Waals surface area (Å²) in [5.74, 6) is -1.35. The molecule has 1 atom stereocenters. The first-order valence-electron chi connectivity index (χ1n) is 9.61. The molecule has 0 radical (unpaired) electrons. The van der Waals surface area contributed by atoms with Crippen LogP contribution in [-0.4, -0.2) is 29.6 Å². The lowest BCUT2D eigenvalue weighted by Gasteiger charge is -2.33. The Bertz CT molecular complexity index is 812. The standard InChI is InChI=1S/C24H29NO4/c1-5-16-25-24(22(27)29-23(2,3)4,17-19-12-8-6-9-13-19)21(26)28-18-20-14-10-7-11-15-20/h5-15,25H,1,16-18H2,2-4H3/t24-/m1/s1. The van der Waals surface area contributed by atoms with Gasteiger partial charge in [-0.15, -0.1) is 6.58 Å². The van der Waals surface area contributed by atoms with Crippen LogP contribution < -0.4 is 5.32 Å². The van der Waals surface area contributed by atoms with Crippen LogP contribution in [0.1, 0.15) is 31.9 Å². The average Bonchev–Trinajstić information content (AvgIpc) is 2.69. The molecule has 0 fully saturated rings. The van der Waals surface area contributed by atoms with E-state index in [4.69, 9.17) is 9.47 Å². The van der Waals surface area contributed by atoms with E-state index in [1.807, 2.05) is 60.7 Å². The number of carbonyl (C=O) groups is 2. The topological polar surface area (TPSA) is 64.6 Å². The molecule has 29 heavy (non-hydrogen) atoms. The molecule has 154 valence electrons. The van der Waals surface area contributed by atoms with Gasteiger partial charge in [-0.1, -0.05) is 66.7 Å². The van der Waals surface area contributed by atoms with E-state index in [1.165, 1.54) is 0 Å². The zero-order valence-corrected chi connectivity index (χ0v) is 17.3. The van der Waals surface area contributed by atoms with E-state index >= 15 is 0 Å². The second kappa shape index (κ2) is 10.0. The van der Waals surface area contributed by atoms with E-state index in [1.54, 1.807) is 26.8 Å². The van der Waals surface area contributed by atoms with Crippen molar-refractivity contribution in [2.75, 3.05) is 6.54 Å². The Morgan fingerprint density at radius 1 is 0.931 bits per heavy atom. The summed E-state index contributed by atoms with van der Waals surface area (Å²) in [7, 11) is 0. The fourth-order valence-corrected chi connectivity index (χ4v) is 2.79. The molecule has 0 unspecified atom stereocenters. The molecule has 0 aliphatic carbocycles. The zero-order valence-electron chi connectivity index (χ0n) is 17.3. The Morgan fingerprint density at radius 3 is 2.00 bits per heavy atom. The highest BCUT2D eigenvalue weighted by molar-refractivity contribution is 6.05. The lowest BCUT2D eigenvalue weighted by atomic mass is 9.90. The maximum atomic E-state index is 13.3. The number of benzene rings is 2. The van der Waals surface area contributed by atoms with Gasteiger partial charge in [-0.2, -0.15) is 0 Å². The van der Waals surface area contributed by atoms with Crippen molar-refractivity contribution in [1.29, 1.82) is 0 Å². The van der Waals surface area contributed by atoms with Crippen LogP contribution in [0, 0.1) is 0 Å². The smallest absolute Gasteiger partial charge is 0.338 e. The minimum absolute atomic E-state index is 0.0643. The molecule has 0 aliphatic rings. The maximum absolute atomic E-state index is 13.3. The van der Waals surface area contributed by atoms with Gasteiger partial charge in [0.1, 0.15) is 12.2 Å². The van der Waals surface area contributed by atoms with Crippen molar-refractivity contribution < 1.29 is 19.1 Å². The molecular formula is C24H29NO4. The van der Waals surface area contributed by atoms with E-state index in [0.717, 1.165) is 11.1 Å². The van der Waals surface area contributed by atoms with E-state index in [2.05, 4.69) is 11.9 Å². The van der Waals surface area contributed by atoms with Crippen molar-refractivity contribution in [2.45, 2.75) is 44.9 Å². The summed E-state index contributed by atoms with van der Waals surface area (Å²) in [6, 6.07) is 18.7. The summed E-state index contributed by atoms with van der Waals surface area (Å²) >= 11 is 0. The lowest BCUT2D eigenvalue weighted by molar-refractivity contribution is -0.174. The molecule has 0 aromatic heterocycles. The first kappa shape index (κ1) is 22.4. The van der Waals surface area contributed by atoms with Crippen LogP contribution in [-0.2, 0) is 32.1 Å². The fraction of sp³-hybridized carbons (Fsp3) is 0.333. The van der Waals surface area contributed by atoms with Crippen LogP contribution in [0.25, 0.3) is 0 Å². The molecule has 0 heterocycles. The number of nitrogens with one attached hydrogen (secondary N) is 1. The molecule has 0 bridgehead atoms. The largest absolute Gasteiger partial charge is 0.459 e. The van der Waals surface area contributed by atoms with E-state index in [0.29, 0.717) is 0 Å². The number of hydrogen-bond acceptors (Lipinski definition) is 5. The third kappa shape index (κ3) is 6.57. The van der Waals surface area contributed by atoms with E-state index in [-0.39, 0.29) is 19.6 Å². The minimum Gasteiger partial charge on any atom is -0.459 e. The Balaban J connectivity index is 2.36. The SMILES string of the molecule is C=CCN[C@](Cc1ccccc1)(C(=O)OCc1ccccc1)C(=O)OC(C)(C)C. The highest BCUT2D eigenvalue weighted by Gasteiger charge is 2.50. The normalized spacial score (nSPS) is 13.2. The van der Waals surface area contributed by atoms with Crippen molar-refractivity contribution in [3.05, 3.63) is 84.4 Å². The quantitative estimate of drug-likeness (QED) is 0.397. The summed E-state index contributed by atoms with van der Waals surface area (Å²) < 4.78 is 11.2. The van der Waals surface area contributed by atoms with Gasteiger partial charge in [0.25, 0.3) is 0 Å². The number of esters is 2. The van der Waals surface area contributed by atoms with Crippen molar-refractivity contribution in [3.63, 3.8) is 0 Å². The monoisotopic (exact) mass is 395 g/mol. The van der Waals surface area contributed by atoms with Gasteiger partial charge in [-0.3, -0.25) is 5.32 Å². The Labute approximate surface area is 172 Å². The van der Waals surface area contributed by atoms with Gasteiger partial charge in [-0.25, -0.2) is 9.59 Å². The Hall–Kier alpha value is -2.92. The van der Waals surface area contributed by atoms with Gasteiger partial charge in [0.2, 0.25) is 5.54 Å². The highest BCUT2D eigenvalue weighted by atomic mass is 16.6. The summed E-state index contributed by atoms with van der Waals surface area (Å²) in [6.07, 6.45) is 1.69. The molecule has 5 nitrogen and oxygen atoms in total. The number of carbonyl (C=O) groups excluding carboxylic acids is 2. The van der Waals surface area contributed by atoms with Crippen LogP contribution in [0.15, 0.2) is 73.3 Å². The first-order valence-corrected chi connectivity index (χ1v) is 9.61. The molecular weight excluding hydrogens is 366 g/mol. The van der Waals surface area contributed by atoms with Crippen molar-refractivity contribution in [3.8, 4) is 0 Å². The van der Waals surface area contributed by atoms with Crippen LogP contribution in [0.3, 0.4) is 0 Å². The fourth-order valence-electron chi connectivity index (χ4n) is 2.79. The number of ether oxygens (including phenoxy) is 2. The summed E-state index contributed by atoms with van der Waals surface area (Å²) in [5.41, 5.74) is -0.791. The average molecular weight is 395 g/mol. The molecule has 1 N–H and O–H groups in total. The summed E-state index contributed by atoms with van der Waals surface area (Å²) in [6.45, 7) is 9.29. The first-order chi connectivity index (χ1) is 13.8. The van der Waals surface area contributed by atoms with Gasteiger partial charge in [0, 0.05) is 13.0 Å². The van der Waals surface area contributed by atoms with Crippen molar-refractivity contribution in [2.24, 2.45) is 0 Å². The van der Waals surface area contributed by atoms with E-state index in [9.17, 15) is 9.59 Å². The Kier molecular flexibility index (Phi) is 7.74. The van der Waals surface area contributed by atoms with Gasteiger partial charge in [0.05, 0.1) is 0 Å². The van der Waals surface area contributed by atoms with Gasteiger partial charge < -0.3 is 9.47 Å². The van der Waals surface area contributed by atoms with Gasteiger partial charge in [0.15, 0.2) is 0 Å². The molecule has 5 heteroatoms. The molecule has 0 saturated carbocycles. The van der Waals surface area contributed by atoms with Crippen LogP contribution in [0.2, 0.25) is 0 Å².